The number of benzene rings is 1. The van der Waals surface area contributed by atoms with E-state index in [-0.39, 0.29) is 0 Å². The van der Waals surface area contributed by atoms with Gasteiger partial charge in [0.05, 0.1) is 0 Å². The number of nitrogens with zero attached hydrogens (tertiary/aromatic N) is 1. The summed E-state index contributed by atoms with van der Waals surface area (Å²) in [6.07, 6.45) is 11.3. The van der Waals surface area contributed by atoms with Crippen LogP contribution in [0.3, 0.4) is 0 Å². The molecule has 1 saturated heterocycles. The molecule has 2 heteroatoms. The molecule has 4 rings (SSSR count). The van der Waals surface area contributed by atoms with E-state index in [2.05, 4.69) is 40.5 Å². The smallest absolute Gasteiger partial charge is 0.0476 e. The van der Waals surface area contributed by atoms with Crippen LogP contribution in [0.1, 0.15) is 63.0 Å². The maximum absolute atomic E-state index is 3.95. The first-order valence-electron chi connectivity index (χ1n) is 8.92. The zero-order valence-electron chi connectivity index (χ0n) is 13.1. The second kappa shape index (κ2) is 5.73. The van der Waals surface area contributed by atoms with Crippen molar-refractivity contribution < 1.29 is 0 Å². The van der Waals surface area contributed by atoms with Crippen LogP contribution in [0, 0.1) is 0 Å². The SMILES string of the molecule is c1ccc(C2CNC3(CCCC3)CN2C2CCCC2)cc1. The fourth-order valence-electron chi connectivity index (χ4n) is 4.94. The molecular formula is C19H28N2. The second-order valence-electron chi connectivity index (χ2n) is 7.41. The summed E-state index contributed by atoms with van der Waals surface area (Å²) in [5, 5.41) is 3.95. The van der Waals surface area contributed by atoms with E-state index in [1.165, 1.54) is 63.5 Å². The molecule has 1 unspecified atom stereocenters. The molecule has 1 heterocycles. The molecule has 1 N–H and O–H groups in total. The van der Waals surface area contributed by atoms with Crippen molar-refractivity contribution in [3.05, 3.63) is 35.9 Å². The quantitative estimate of drug-likeness (QED) is 0.886. The van der Waals surface area contributed by atoms with Gasteiger partial charge in [0.2, 0.25) is 0 Å². The number of rotatable bonds is 2. The van der Waals surface area contributed by atoms with E-state index in [0.29, 0.717) is 11.6 Å². The van der Waals surface area contributed by atoms with E-state index in [4.69, 9.17) is 0 Å². The van der Waals surface area contributed by atoms with Crippen molar-refractivity contribution in [2.45, 2.75) is 69.0 Å². The van der Waals surface area contributed by atoms with Crippen molar-refractivity contribution in [2.24, 2.45) is 0 Å². The highest BCUT2D eigenvalue weighted by Gasteiger charge is 2.43. The molecule has 2 saturated carbocycles. The number of hydrogen-bond donors (Lipinski definition) is 1. The third kappa shape index (κ3) is 2.64. The van der Waals surface area contributed by atoms with Gasteiger partial charge in [-0.05, 0) is 31.2 Å². The van der Waals surface area contributed by atoms with E-state index in [9.17, 15) is 0 Å². The Kier molecular flexibility index (Phi) is 3.76. The summed E-state index contributed by atoms with van der Waals surface area (Å²) in [4.78, 5) is 2.88. The average Bonchev–Trinajstić information content (AvgIpc) is 3.20. The van der Waals surface area contributed by atoms with Crippen molar-refractivity contribution >= 4 is 0 Å². The van der Waals surface area contributed by atoms with Gasteiger partial charge in [-0.3, -0.25) is 4.90 Å². The summed E-state index contributed by atoms with van der Waals surface area (Å²) in [7, 11) is 0. The third-order valence-electron chi connectivity index (χ3n) is 6.09. The van der Waals surface area contributed by atoms with Gasteiger partial charge >= 0.3 is 0 Å². The van der Waals surface area contributed by atoms with Gasteiger partial charge in [-0.25, -0.2) is 0 Å². The van der Waals surface area contributed by atoms with E-state index in [0.717, 1.165) is 12.6 Å². The summed E-state index contributed by atoms with van der Waals surface area (Å²) in [5.41, 5.74) is 1.94. The maximum Gasteiger partial charge on any atom is 0.0476 e. The monoisotopic (exact) mass is 284 g/mol. The van der Waals surface area contributed by atoms with Gasteiger partial charge in [0, 0.05) is 30.7 Å². The van der Waals surface area contributed by atoms with Crippen LogP contribution in [-0.2, 0) is 0 Å². The summed E-state index contributed by atoms with van der Waals surface area (Å²) in [6.45, 7) is 2.41. The normalized spacial score (nSPS) is 30.2. The highest BCUT2D eigenvalue weighted by molar-refractivity contribution is 5.22. The Morgan fingerprint density at radius 3 is 2.38 bits per heavy atom. The predicted octanol–water partition coefficient (Wildman–Crippen LogP) is 3.89. The zero-order valence-corrected chi connectivity index (χ0v) is 13.1. The minimum atomic E-state index is 0.438. The first-order chi connectivity index (χ1) is 10.4. The van der Waals surface area contributed by atoms with Crippen LogP contribution in [0.5, 0.6) is 0 Å². The third-order valence-corrected chi connectivity index (χ3v) is 6.09. The van der Waals surface area contributed by atoms with Crippen LogP contribution < -0.4 is 5.32 Å². The molecule has 1 spiro atoms. The summed E-state index contributed by atoms with van der Waals surface area (Å²) < 4.78 is 0. The molecule has 1 aromatic rings. The zero-order chi connectivity index (χ0) is 14.1. The Bertz CT molecular complexity index is 458. The topological polar surface area (TPSA) is 15.3 Å². The molecule has 3 fully saturated rings. The first-order valence-corrected chi connectivity index (χ1v) is 8.92. The molecule has 2 aliphatic carbocycles. The summed E-state index contributed by atoms with van der Waals surface area (Å²) >= 11 is 0. The van der Waals surface area contributed by atoms with Crippen LogP contribution in [0.25, 0.3) is 0 Å². The molecule has 0 amide bonds. The van der Waals surface area contributed by atoms with Crippen molar-refractivity contribution in [3.8, 4) is 0 Å². The molecule has 1 atom stereocenters. The molecule has 0 bridgehead atoms. The first kappa shape index (κ1) is 13.8. The van der Waals surface area contributed by atoms with Gasteiger partial charge in [-0.1, -0.05) is 56.0 Å². The Morgan fingerprint density at radius 2 is 1.67 bits per heavy atom. The van der Waals surface area contributed by atoms with Crippen molar-refractivity contribution in [1.82, 2.24) is 10.2 Å². The summed E-state index contributed by atoms with van der Waals surface area (Å²) in [6, 6.07) is 12.6. The van der Waals surface area contributed by atoms with Gasteiger partial charge in [-0.2, -0.15) is 0 Å². The Balaban J connectivity index is 1.60. The van der Waals surface area contributed by atoms with E-state index in [1.54, 1.807) is 0 Å². The Labute approximate surface area is 128 Å². The molecule has 0 aromatic heterocycles. The molecule has 1 aromatic carbocycles. The van der Waals surface area contributed by atoms with Crippen LogP contribution in [0.2, 0.25) is 0 Å². The lowest BCUT2D eigenvalue weighted by Crippen LogP contribution is -2.61. The van der Waals surface area contributed by atoms with Crippen molar-refractivity contribution in [2.75, 3.05) is 13.1 Å². The van der Waals surface area contributed by atoms with Gasteiger partial charge in [-0.15, -0.1) is 0 Å². The Hall–Kier alpha value is -0.860. The standard InChI is InChI=1S/C19H28N2/c1-2-8-16(9-3-1)18-14-20-19(12-6-7-13-19)15-21(18)17-10-4-5-11-17/h1-3,8-9,17-18,20H,4-7,10-15H2. The highest BCUT2D eigenvalue weighted by Crippen LogP contribution is 2.40. The molecule has 114 valence electrons. The minimum absolute atomic E-state index is 0.438. The summed E-state index contributed by atoms with van der Waals surface area (Å²) in [5.74, 6) is 0. The molecule has 21 heavy (non-hydrogen) atoms. The number of piperazine rings is 1. The van der Waals surface area contributed by atoms with E-state index >= 15 is 0 Å². The van der Waals surface area contributed by atoms with E-state index < -0.39 is 0 Å². The lowest BCUT2D eigenvalue weighted by atomic mass is 9.88. The van der Waals surface area contributed by atoms with Crippen molar-refractivity contribution in [1.29, 1.82) is 0 Å². The lowest BCUT2D eigenvalue weighted by Gasteiger charge is -2.49. The Morgan fingerprint density at radius 1 is 0.952 bits per heavy atom. The fraction of sp³-hybridized carbons (Fsp3) is 0.684. The van der Waals surface area contributed by atoms with Crippen LogP contribution in [-0.4, -0.2) is 29.6 Å². The molecule has 0 radical (unpaired) electrons. The average molecular weight is 284 g/mol. The molecule has 1 aliphatic heterocycles. The van der Waals surface area contributed by atoms with Crippen LogP contribution in [0.4, 0.5) is 0 Å². The van der Waals surface area contributed by atoms with Crippen LogP contribution >= 0.6 is 0 Å². The second-order valence-corrected chi connectivity index (χ2v) is 7.41. The van der Waals surface area contributed by atoms with Gasteiger partial charge < -0.3 is 5.32 Å². The molecular weight excluding hydrogens is 256 g/mol. The van der Waals surface area contributed by atoms with E-state index in [1.807, 2.05) is 0 Å². The maximum atomic E-state index is 3.95. The highest BCUT2D eigenvalue weighted by atomic mass is 15.3. The van der Waals surface area contributed by atoms with Crippen molar-refractivity contribution in [3.63, 3.8) is 0 Å². The molecule has 2 nitrogen and oxygen atoms in total. The predicted molar refractivity (Wildman–Crippen MR) is 87.3 cm³/mol. The molecule has 3 aliphatic rings. The number of nitrogens with one attached hydrogen (secondary N) is 1. The lowest BCUT2D eigenvalue weighted by molar-refractivity contribution is 0.0438. The van der Waals surface area contributed by atoms with Crippen LogP contribution in [0.15, 0.2) is 30.3 Å². The largest absolute Gasteiger partial charge is 0.308 e. The van der Waals surface area contributed by atoms with Gasteiger partial charge in [0.15, 0.2) is 0 Å². The minimum Gasteiger partial charge on any atom is -0.308 e. The fourth-order valence-corrected chi connectivity index (χ4v) is 4.94. The number of hydrogen-bond acceptors (Lipinski definition) is 2. The van der Waals surface area contributed by atoms with Gasteiger partial charge in [0.1, 0.15) is 0 Å². The van der Waals surface area contributed by atoms with Gasteiger partial charge in [0.25, 0.3) is 0 Å².